The lowest BCUT2D eigenvalue weighted by Gasteiger charge is -2.05. The molecule has 82 valence electrons. The molecule has 2 heterocycles. The molecule has 1 atom stereocenters. The molecule has 0 saturated heterocycles. The molecule has 0 spiro atoms. The van der Waals surface area contributed by atoms with Gasteiger partial charge in [0.05, 0.1) is 5.69 Å². The molecule has 0 amide bonds. The first-order valence-corrected chi connectivity index (χ1v) is 7.00. The highest BCUT2D eigenvalue weighted by molar-refractivity contribution is 9.10. The first-order valence-electron chi connectivity index (χ1n) is 5.33. The van der Waals surface area contributed by atoms with Crippen LogP contribution in [0.2, 0.25) is 0 Å². The average molecular weight is 287 g/mol. The Morgan fingerprint density at radius 1 is 1.53 bits per heavy atom. The Morgan fingerprint density at radius 2 is 2.27 bits per heavy atom. The Labute approximate surface area is 102 Å². The smallest absolute Gasteiger partial charge is 0.195 e. The van der Waals surface area contributed by atoms with Gasteiger partial charge in [-0.1, -0.05) is 20.8 Å². The predicted molar refractivity (Wildman–Crippen MR) is 68.9 cm³/mol. The summed E-state index contributed by atoms with van der Waals surface area (Å²) in [5, 5.41) is 2.19. The summed E-state index contributed by atoms with van der Waals surface area (Å²) in [7, 11) is 0. The summed E-state index contributed by atoms with van der Waals surface area (Å²) in [6.07, 6.45) is 2.18. The molecule has 0 aromatic carbocycles. The van der Waals surface area contributed by atoms with Crippen molar-refractivity contribution in [3.05, 3.63) is 21.4 Å². The van der Waals surface area contributed by atoms with Crippen molar-refractivity contribution in [2.24, 2.45) is 0 Å². The van der Waals surface area contributed by atoms with Crippen molar-refractivity contribution in [3.63, 3.8) is 0 Å². The molecule has 0 aliphatic heterocycles. The van der Waals surface area contributed by atoms with Gasteiger partial charge in [0.25, 0.3) is 0 Å². The van der Waals surface area contributed by atoms with E-state index in [0.29, 0.717) is 5.92 Å². The fourth-order valence-electron chi connectivity index (χ4n) is 1.65. The fraction of sp³-hybridized carbons (Fsp3) is 0.545. The third-order valence-electron chi connectivity index (χ3n) is 2.84. The quantitative estimate of drug-likeness (QED) is 0.825. The van der Waals surface area contributed by atoms with Gasteiger partial charge in [-0.3, -0.25) is 4.40 Å². The number of rotatable bonds is 3. The van der Waals surface area contributed by atoms with Crippen LogP contribution in [0.4, 0.5) is 0 Å². The third-order valence-corrected chi connectivity index (χ3v) is 4.48. The molecule has 0 aliphatic carbocycles. The monoisotopic (exact) mass is 286 g/mol. The van der Waals surface area contributed by atoms with Gasteiger partial charge >= 0.3 is 0 Å². The highest BCUT2D eigenvalue weighted by atomic mass is 79.9. The maximum atomic E-state index is 4.69. The largest absolute Gasteiger partial charge is 0.281 e. The predicted octanol–water partition coefficient (Wildman–Crippen LogP) is 4.23. The van der Waals surface area contributed by atoms with Gasteiger partial charge in [-0.15, -0.1) is 11.3 Å². The zero-order chi connectivity index (χ0) is 11.0. The van der Waals surface area contributed by atoms with Gasteiger partial charge in [0.15, 0.2) is 4.96 Å². The van der Waals surface area contributed by atoms with E-state index in [1.165, 1.54) is 11.4 Å². The summed E-state index contributed by atoms with van der Waals surface area (Å²) >= 11 is 5.39. The van der Waals surface area contributed by atoms with E-state index in [9.17, 15) is 0 Å². The number of aromatic nitrogens is 2. The normalized spacial score (nSPS) is 13.6. The summed E-state index contributed by atoms with van der Waals surface area (Å²) in [5.74, 6) is 0.524. The van der Waals surface area contributed by atoms with E-state index in [1.54, 1.807) is 11.3 Å². The lowest BCUT2D eigenvalue weighted by molar-refractivity contribution is 0.709. The molecular formula is C11H15BrN2S. The molecule has 15 heavy (non-hydrogen) atoms. The van der Waals surface area contributed by atoms with Gasteiger partial charge in [0.2, 0.25) is 0 Å². The number of aryl methyl sites for hydroxylation is 1. The topological polar surface area (TPSA) is 17.3 Å². The van der Waals surface area contributed by atoms with Gasteiger partial charge in [0, 0.05) is 17.0 Å². The van der Waals surface area contributed by atoms with E-state index < -0.39 is 0 Å². The molecule has 1 unspecified atom stereocenters. The van der Waals surface area contributed by atoms with E-state index in [4.69, 9.17) is 0 Å². The zero-order valence-corrected chi connectivity index (χ0v) is 11.7. The van der Waals surface area contributed by atoms with Crippen LogP contribution < -0.4 is 0 Å². The Bertz CT molecular complexity index is 472. The number of hydrogen-bond donors (Lipinski definition) is 0. The molecule has 0 aliphatic rings. The molecule has 2 aromatic rings. The maximum Gasteiger partial charge on any atom is 0.195 e. The van der Waals surface area contributed by atoms with E-state index >= 15 is 0 Å². The second-order valence-electron chi connectivity index (χ2n) is 3.80. The first kappa shape index (κ1) is 11.1. The van der Waals surface area contributed by atoms with Gasteiger partial charge in [-0.2, -0.15) is 0 Å². The minimum absolute atomic E-state index is 0.524. The fourth-order valence-corrected chi connectivity index (χ4v) is 3.62. The lowest BCUT2D eigenvalue weighted by Crippen LogP contribution is -1.94. The van der Waals surface area contributed by atoms with Crippen LogP contribution in [0.25, 0.3) is 4.96 Å². The van der Waals surface area contributed by atoms with Gasteiger partial charge in [-0.25, -0.2) is 4.98 Å². The molecule has 2 rings (SSSR count). The summed E-state index contributed by atoms with van der Waals surface area (Å²) in [6, 6.07) is 0. The van der Waals surface area contributed by atoms with Crippen LogP contribution in [0.1, 0.15) is 44.5 Å². The molecular weight excluding hydrogens is 272 g/mol. The van der Waals surface area contributed by atoms with Crippen LogP contribution in [0.15, 0.2) is 9.98 Å². The third kappa shape index (κ3) is 1.74. The zero-order valence-electron chi connectivity index (χ0n) is 9.25. The number of imidazole rings is 1. The standard InChI is InChI=1S/C11H15BrN2S/c1-4-7(3)9-10(12)14-8(5-2)6-15-11(14)13-9/h6-7H,4-5H2,1-3H3. The number of fused-ring (bicyclic) bond motifs is 1. The average Bonchev–Trinajstić information content (AvgIpc) is 2.78. The van der Waals surface area contributed by atoms with E-state index in [-0.39, 0.29) is 0 Å². The first-order chi connectivity index (χ1) is 7.19. The molecule has 2 nitrogen and oxygen atoms in total. The van der Waals surface area contributed by atoms with E-state index in [1.807, 2.05) is 0 Å². The van der Waals surface area contributed by atoms with Crippen molar-refractivity contribution in [2.45, 2.75) is 39.5 Å². The maximum absolute atomic E-state index is 4.69. The SMILES string of the molecule is CCc1csc2nc(C(C)CC)c(Br)n12. The van der Waals surface area contributed by atoms with Crippen molar-refractivity contribution in [1.82, 2.24) is 9.38 Å². The highest BCUT2D eigenvalue weighted by Gasteiger charge is 2.17. The summed E-state index contributed by atoms with van der Waals surface area (Å²) in [4.78, 5) is 5.79. The second kappa shape index (κ2) is 4.26. The second-order valence-corrected chi connectivity index (χ2v) is 5.38. The Hall–Kier alpha value is -0.350. The van der Waals surface area contributed by atoms with Crippen LogP contribution in [0.5, 0.6) is 0 Å². The molecule has 0 bridgehead atoms. The molecule has 0 saturated carbocycles. The van der Waals surface area contributed by atoms with Crippen molar-refractivity contribution in [3.8, 4) is 0 Å². The molecule has 4 heteroatoms. The molecule has 2 aromatic heterocycles. The van der Waals surface area contributed by atoms with Crippen LogP contribution >= 0.6 is 27.3 Å². The minimum Gasteiger partial charge on any atom is -0.281 e. The molecule has 0 fully saturated rings. The minimum atomic E-state index is 0.524. The van der Waals surface area contributed by atoms with Crippen molar-refractivity contribution >= 4 is 32.2 Å². The Balaban J connectivity index is 2.60. The number of thiazole rings is 1. The Kier molecular flexibility index (Phi) is 3.16. The van der Waals surface area contributed by atoms with Gasteiger partial charge in [0.1, 0.15) is 4.60 Å². The molecule has 0 radical (unpaired) electrons. The summed E-state index contributed by atoms with van der Waals surface area (Å²) in [5.41, 5.74) is 2.53. The Morgan fingerprint density at radius 3 is 2.87 bits per heavy atom. The van der Waals surface area contributed by atoms with Crippen molar-refractivity contribution in [1.29, 1.82) is 0 Å². The summed E-state index contributed by atoms with van der Waals surface area (Å²) in [6.45, 7) is 6.60. The van der Waals surface area contributed by atoms with Crippen LogP contribution in [-0.2, 0) is 6.42 Å². The van der Waals surface area contributed by atoms with E-state index in [2.05, 4.69) is 51.5 Å². The van der Waals surface area contributed by atoms with Crippen molar-refractivity contribution < 1.29 is 0 Å². The highest BCUT2D eigenvalue weighted by Crippen LogP contribution is 2.31. The number of hydrogen-bond acceptors (Lipinski definition) is 2. The van der Waals surface area contributed by atoms with Crippen LogP contribution in [-0.4, -0.2) is 9.38 Å². The van der Waals surface area contributed by atoms with Gasteiger partial charge in [-0.05, 0) is 28.8 Å². The van der Waals surface area contributed by atoms with Crippen LogP contribution in [0.3, 0.4) is 0 Å². The number of nitrogens with zero attached hydrogens (tertiary/aromatic N) is 2. The summed E-state index contributed by atoms with van der Waals surface area (Å²) < 4.78 is 3.37. The van der Waals surface area contributed by atoms with Crippen molar-refractivity contribution in [2.75, 3.05) is 0 Å². The van der Waals surface area contributed by atoms with Crippen LogP contribution in [0, 0.1) is 0 Å². The van der Waals surface area contributed by atoms with E-state index in [0.717, 1.165) is 22.4 Å². The molecule has 0 N–H and O–H groups in total. The lowest BCUT2D eigenvalue weighted by atomic mass is 10.1. The number of halogens is 1. The van der Waals surface area contributed by atoms with Gasteiger partial charge < -0.3 is 0 Å².